The van der Waals surface area contributed by atoms with E-state index in [1.54, 1.807) is 12.4 Å². The Morgan fingerprint density at radius 3 is 1.87 bits per heavy atom. The van der Waals surface area contributed by atoms with E-state index in [9.17, 15) is 0 Å². The molecule has 10 rings (SSSR count). The lowest BCUT2D eigenvalue weighted by Gasteiger charge is -2.11. The summed E-state index contributed by atoms with van der Waals surface area (Å²) in [6, 6.07) is 46.5. The molecule has 0 spiro atoms. The summed E-state index contributed by atoms with van der Waals surface area (Å²) in [5.74, 6) is 1.76. The van der Waals surface area contributed by atoms with Gasteiger partial charge in [-0.3, -0.25) is 4.98 Å². The predicted octanol–water partition coefficient (Wildman–Crippen LogP) is 10.8. The van der Waals surface area contributed by atoms with Crippen LogP contribution in [0.1, 0.15) is 0 Å². The van der Waals surface area contributed by atoms with Crippen molar-refractivity contribution in [1.82, 2.24) is 19.9 Å². The molecule has 0 aliphatic rings. The number of fused-ring (bicyclic) bond motifs is 9. The van der Waals surface area contributed by atoms with Gasteiger partial charge in [-0.15, -0.1) is 0 Å². The maximum Gasteiger partial charge on any atom is 0.167 e. The maximum atomic E-state index is 6.53. The summed E-state index contributed by atoms with van der Waals surface area (Å²) in [5.41, 5.74) is 4.12. The predicted molar refractivity (Wildman–Crippen MR) is 191 cm³/mol. The molecule has 7 aromatic carbocycles. The van der Waals surface area contributed by atoms with E-state index in [1.165, 1.54) is 21.5 Å². The number of hydrogen-bond acceptors (Lipinski definition) is 5. The molecule has 5 heteroatoms. The third-order valence-electron chi connectivity index (χ3n) is 9.15. The van der Waals surface area contributed by atoms with Crippen molar-refractivity contribution >= 4 is 65.0 Å². The first kappa shape index (κ1) is 25.8. The second kappa shape index (κ2) is 10.0. The standard InChI is InChI=1S/C42H24N4O/c1-2-9-27-21-30(16-13-25(27)7-1)40-44-41(31-17-18-33-29(22-31)15-14-26-8-3-5-11-32(26)33)46-42(45-40)36-23-28-10-4-6-12-34(28)38-35-19-20-43-24-37(35)47-39(36)38/h1-24H. The van der Waals surface area contributed by atoms with E-state index in [0.29, 0.717) is 17.5 Å². The maximum absolute atomic E-state index is 6.53. The van der Waals surface area contributed by atoms with Crippen LogP contribution in [-0.2, 0) is 0 Å². The van der Waals surface area contributed by atoms with Crippen molar-refractivity contribution in [1.29, 1.82) is 0 Å². The highest BCUT2D eigenvalue weighted by Gasteiger charge is 2.20. The first-order valence-electron chi connectivity index (χ1n) is 15.6. The first-order chi connectivity index (χ1) is 23.3. The van der Waals surface area contributed by atoms with Gasteiger partial charge in [-0.05, 0) is 67.4 Å². The molecule has 0 N–H and O–H groups in total. The molecular formula is C42H24N4O. The number of benzene rings is 7. The van der Waals surface area contributed by atoms with Crippen LogP contribution >= 0.6 is 0 Å². The van der Waals surface area contributed by atoms with Gasteiger partial charge in [-0.25, -0.2) is 15.0 Å². The second-order valence-electron chi connectivity index (χ2n) is 11.9. The molecule has 0 aliphatic heterocycles. The number of pyridine rings is 1. The summed E-state index contributed by atoms with van der Waals surface area (Å²) in [6.45, 7) is 0. The smallest absolute Gasteiger partial charge is 0.167 e. The lowest BCUT2D eigenvalue weighted by molar-refractivity contribution is 0.667. The fourth-order valence-electron chi connectivity index (χ4n) is 6.88. The molecule has 47 heavy (non-hydrogen) atoms. The summed E-state index contributed by atoms with van der Waals surface area (Å²) >= 11 is 0. The number of rotatable bonds is 3. The average Bonchev–Trinajstić information content (AvgIpc) is 3.54. The summed E-state index contributed by atoms with van der Waals surface area (Å²) in [5, 5.41) is 11.3. The fraction of sp³-hybridized carbons (Fsp3) is 0. The molecule has 0 saturated carbocycles. The van der Waals surface area contributed by atoms with Gasteiger partial charge >= 0.3 is 0 Å². The number of aromatic nitrogens is 4. The van der Waals surface area contributed by atoms with Gasteiger partial charge in [0.25, 0.3) is 0 Å². The third-order valence-corrected chi connectivity index (χ3v) is 9.15. The normalized spacial score (nSPS) is 11.8. The van der Waals surface area contributed by atoms with Crippen LogP contribution in [0.25, 0.3) is 99.2 Å². The molecule has 0 saturated heterocycles. The minimum atomic E-state index is 0.555. The van der Waals surface area contributed by atoms with Crippen LogP contribution in [0.15, 0.2) is 150 Å². The Labute approximate surface area is 268 Å². The minimum absolute atomic E-state index is 0.555. The molecule has 3 heterocycles. The summed E-state index contributed by atoms with van der Waals surface area (Å²) in [7, 11) is 0. The first-order valence-corrected chi connectivity index (χ1v) is 15.6. The molecule has 0 aliphatic carbocycles. The molecule has 3 aromatic heterocycles. The van der Waals surface area contributed by atoms with E-state index in [1.807, 2.05) is 6.07 Å². The lowest BCUT2D eigenvalue weighted by atomic mass is 9.99. The van der Waals surface area contributed by atoms with Crippen molar-refractivity contribution in [2.24, 2.45) is 0 Å². The molecule has 0 unspecified atom stereocenters. The van der Waals surface area contributed by atoms with Crippen molar-refractivity contribution in [3.8, 4) is 34.2 Å². The largest absolute Gasteiger partial charge is 0.454 e. The Kier molecular flexibility index (Phi) is 5.51. The number of furan rings is 1. The Morgan fingerprint density at radius 1 is 0.426 bits per heavy atom. The Hall–Kier alpha value is -6.46. The lowest BCUT2D eigenvalue weighted by Crippen LogP contribution is -2.00. The fourth-order valence-corrected chi connectivity index (χ4v) is 6.88. The highest BCUT2D eigenvalue weighted by atomic mass is 16.3. The minimum Gasteiger partial charge on any atom is -0.454 e. The number of nitrogens with zero attached hydrogens (tertiary/aromatic N) is 4. The Bertz CT molecular complexity index is 2870. The van der Waals surface area contributed by atoms with Gasteiger partial charge in [-0.1, -0.05) is 109 Å². The van der Waals surface area contributed by atoms with Gasteiger partial charge in [0.15, 0.2) is 23.1 Å². The monoisotopic (exact) mass is 600 g/mol. The molecule has 218 valence electrons. The van der Waals surface area contributed by atoms with Gasteiger partial charge in [0.1, 0.15) is 5.58 Å². The van der Waals surface area contributed by atoms with E-state index in [-0.39, 0.29) is 0 Å². The van der Waals surface area contributed by atoms with E-state index < -0.39 is 0 Å². The third kappa shape index (κ3) is 4.10. The van der Waals surface area contributed by atoms with Crippen molar-refractivity contribution in [2.45, 2.75) is 0 Å². The van der Waals surface area contributed by atoms with Crippen LogP contribution < -0.4 is 0 Å². The van der Waals surface area contributed by atoms with Gasteiger partial charge in [-0.2, -0.15) is 0 Å². The summed E-state index contributed by atoms with van der Waals surface area (Å²) in [6.07, 6.45) is 3.58. The second-order valence-corrected chi connectivity index (χ2v) is 11.9. The Balaban J connectivity index is 1.26. The van der Waals surface area contributed by atoms with Gasteiger partial charge in [0, 0.05) is 28.1 Å². The van der Waals surface area contributed by atoms with Crippen molar-refractivity contribution < 1.29 is 4.42 Å². The zero-order valence-corrected chi connectivity index (χ0v) is 25.1. The van der Waals surface area contributed by atoms with E-state index >= 15 is 0 Å². The Morgan fingerprint density at radius 2 is 1.02 bits per heavy atom. The quantitative estimate of drug-likeness (QED) is 0.189. The van der Waals surface area contributed by atoms with Crippen molar-refractivity contribution in [3.05, 3.63) is 146 Å². The molecule has 5 nitrogen and oxygen atoms in total. The van der Waals surface area contributed by atoms with Gasteiger partial charge in [0.05, 0.1) is 11.8 Å². The van der Waals surface area contributed by atoms with Crippen LogP contribution in [0.4, 0.5) is 0 Å². The molecule has 0 atom stereocenters. The van der Waals surface area contributed by atoms with Gasteiger partial charge in [0.2, 0.25) is 0 Å². The van der Waals surface area contributed by atoms with Crippen molar-refractivity contribution in [2.75, 3.05) is 0 Å². The summed E-state index contributed by atoms with van der Waals surface area (Å²) < 4.78 is 6.53. The van der Waals surface area contributed by atoms with Crippen molar-refractivity contribution in [3.63, 3.8) is 0 Å². The molecule has 0 radical (unpaired) electrons. The van der Waals surface area contributed by atoms with Crippen LogP contribution in [0.2, 0.25) is 0 Å². The average molecular weight is 601 g/mol. The molecule has 0 fully saturated rings. The molecule has 0 bridgehead atoms. The highest BCUT2D eigenvalue weighted by Crippen LogP contribution is 2.40. The zero-order valence-electron chi connectivity index (χ0n) is 25.1. The molecule has 0 amide bonds. The topological polar surface area (TPSA) is 64.7 Å². The van der Waals surface area contributed by atoms with Gasteiger partial charge < -0.3 is 4.42 Å². The highest BCUT2D eigenvalue weighted by molar-refractivity contribution is 6.22. The van der Waals surface area contributed by atoms with Crippen LogP contribution in [0.3, 0.4) is 0 Å². The summed E-state index contributed by atoms with van der Waals surface area (Å²) in [4.78, 5) is 19.7. The SMILES string of the molecule is c1ccc2cc(-c3nc(-c4ccc5c(ccc6ccccc65)c4)nc(-c4cc5ccccc5c5c4oc4cnccc45)n3)ccc2c1. The number of hydrogen-bond donors (Lipinski definition) is 0. The molecular weight excluding hydrogens is 576 g/mol. The van der Waals surface area contributed by atoms with Crippen LogP contribution in [-0.4, -0.2) is 19.9 Å². The van der Waals surface area contributed by atoms with E-state index in [4.69, 9.17) is 19.4 Å². The van der Waals surface area contributed by atoms with E-state index in [0.717, 1.165) is 60.2 Å². The zero-order chi connectivity index (χ0) is 30.9. The van der Waals surface area contributed by atoms with E-state index in [2.05, 4.69) is 132 Å². The van der Waals surface area contributed by atoms with Crippen LogP contribution in [0.5, 0.6) is 0 Å². The van der Waals surface area contributed by atoms with Crippen LogP contribution in [0, 0.1) is 0 Å². The molecule has 10 aromatic rings.